The third-order valence-electron chi connectivity index (χ3n) is 3.76. The van der Waals surface area contributed by atoms with Gasteiger partial charge >= 0.3 is 0 Å². The van der Waals surface area contributed by atoms with E-state index in [1.54, 1.807) is 48.5 Å². The lowest BCUT2D eigenvalue weighted by atomic mass is 10.1. The van der Waals surface area contributed by atoms with Crippen molar-refractivity contribution in [3.63, 3.8) is 0 Å². The van der Waals surface area contributed by atoms with Crippen LogP contribution < -0.4 is 15.4 Å². The zero-order chi connectivity index (χ0) is 17.5. The number of anilines is 1. The third kappa shape index (κ3) is 4.13. The minimum absolute atomic E-state index is 0.0653. The highest BCUT2D eigenvalue weighted by molar-refractivity contribution is 6.10. The fourth-order valence-corrected chi connectivity index (χ4v) is 2.22. The quantitative estimate of drug-likeness (QED) is 0.854. The van der Waals surface area contributed by atoms with Gasteiger partial charge in [-0.05, 0) is 37.6 Å². The summed E-state index contributed by atoms with van der Waals surface area (Å²) < 4.78 is 5.21. The van der Waals surface area contributed by atoms with Crippen molar-refractivity contribution in [2.45, 2.75) is 26.3 Å². The molecule has 2 N–H and O–H groups in total. The van der Waals surface area contributed by atoms with Crippen LogP contribution in [0.15, 0.2) is 48.5 Å². The van der Waals surface area contributed by atoms with Crippen LogP contribution in [0.5, 0.6) is 5.75 Å². The zero-order valence-corrected chi connectivity index (χ0v) is 14.1. The topological polar surface area (TPSA) is 67.4 Å². The Bertz CT molecular complexity index is 728. The van der Waals surface area contributed by atoms with E-state index < -0.39 is 0 Å². The summed E-state index contributed by atoms with van der Waals surface area (Å²) in [6, 6.07) is 14.0. The van der Waals surface area contributed by atoms with E-state index in [0.717, 1.165) is 6.42 Å². The van der Waals surface area contributed by atoms with Gasteiger partial charge in [-0.15, -0.1) is 0 Å². The fourth-order valence-electron chi connectivity index (χ4n) is 2.22. The predicted molar refractivity (Wildman–Crippen MR) is 94.6 cm³/mol. The Morgan fingerprint density at radius 1 is 1.00 bits per heavy atom. The summed E-state index contributed by atoms with van der Waals surface area (Å²) in [6.45, 7) is 3.94. The minimum atomic E-state index is -0.323. The molecule has 2 aromatic carbocycles. The van der Waals surface area contributed by atoms with Gasteiger partial charge in [0.05, 0.1) is 23.9 Å². The molecule has 0 aliphatic heterocycles. The van der Waals surface area contributed by atoms with Gasteiger partial charge in [-0.25, -0.2) is 0 Å². The molecular weight excluding hydrogens is 304 g/mol. The maximum Gasteiger partial charge on any atom is 0.259 e. The first-order valence-electron chi connectivity index (χ1n) is 7.91. The Morgan fingerprint density at radius 2 is 1.62 bits per heavy atom. The van der Waals surface area contributed by atoms with E-state index in [9.17, 15) is 9.59 Å². The number of carbonyl (C=O) groups excluding carboxylic acids is 2. The molecule has 126 valence electrons. The molecule has 0 radical (unpaired) electrons. The minimum Gasteiger partial charge on any atom is -0.496 e. The monoisotopic (exact) mass is 326 g/mol. The molecule has 0 unspecified atom stereocenters. The summed E-state index contributed by atoms with van der Waals surface area (Å²) in [4.78, 5) is 24.9. The molecule has 2 aromatic rings. The van der Waals surface area contributed by atoms with Crippen LogP contribution in [0.25, 0.3) is 0 Å². The van der Waals surface area contributed by atoms with E-state index in [2.05, 4.69) is 10.6 Å². The molecule has 0 heterocycles. The molecule has 5 heteroatoms. The van der Waals surface area contributed by atoms with Crippen molar-refractivity contribution in [1.29, 1.82) is 0 Å². The number of carbonyl (C=O) groups is 2. The summed E-state index contributed by atoms with van der Waals surface area (Å²) >= 11 is 0. The van der Waals surface area contributed by atoms with Gasteiger partial charge in [0.1, 0.15) is 5.75 Å². The van der Waals surface area contributed by atoms with Gasteiger partial charge in [0.25, 0.3) is 11.8 Å². The molecule has 1 atom stereocenters. The summed E-state index contributed by atoms with van der Waals surface area (Å²) in [6.07, 6.45) is 0.835. The fraction of sp³-hybridized carbons (Fsp3) is 0.263. The number of ether oxygens (including phenoxy) is 1. The van der Waals surface area contributed by atoms with Crippen LogP contribution in [0.1, 0.15) is 41.0 Å². The largest absolute Gasteiger partial charge is 0.496 e. The molecule has 0 bridgehead atoms. The Morgan fingerprint density at radius 3 is 2.29 bits per heavy atom. The molecule has 0 fully saturated rings. The average molecular weight is 326 g/mol. The smallest absolute Gasteiger partial charge is 0.259 e. The summed E-state index contributed by atoms with van der Waals surface area (Å²) in [5, 5.41) is 5.70. The summed E-state index contributed by atoms with van der Waals surface area (Å²) in [7, 11) is 1.51. The SMILES string of the molecule is CC[C@@H](C)NC(=O)c1ccccc1NC(=O)c1ccccc1OC. The molecule has 0 saturated carbocycles. The Kier molecular flexibility index (Phi) is 5.95. The van der Waals surface area contributed by atoms with Crippen molar-refractivity contribution in [3.8, 4) is 5.75 Å². The molecule has 0 saturated heterocycles. The van der Waals surface area contributed by atoms with Gasteiger partial charge in [-0.1, -0.05) is 31.2 Å². The van der Waals surface area contributed by atoms with E-state index in [-0.39, 0.29) is 17.9 Å². The number of rotatable bonds is 6. The zero-order valence-electron chi connectivity index (χ0n) is 14.1. The van der Waals surface area contributed by atoms with Crippen LogP contribution in [-0.2, 0) is 0 Å². The van der Waals surface area contributed by atoms with Gasteiger partial charge < -0.3 is 15.4 Å². The van der Waals surface area contributed by atoms with E-state index >= 15 is 0 Å². The van der Waals surface area contributed by atoms with Gasteiger partial charge in [-0.3, -0.25) is 9.59 Å². The van der Waals surface area contributed by atoms with E-state index in [1.807, 2.05) is 13.8 Å². The standard InChI is InChI=1S/C19H22N2O3/c1-4-13(2)20-18(22)14-9-5-7-11-16(14)21-19(23)15-10-6-8-12-17(15)24-3/h5-13H,4H2,1-3H3,(H,20,22)(H,21,23)/t13-/m1/s1. The molecule has 0 aliphatic carbocycles. The maximum absolute atomic E-state index is 12.5. The molecular formula is C19H22N2O3. The molecule has 2 amide bonds. The second-order valence-electron chi connectivity index (χ2n) is 5.48. The van der Waals surface area contributed by atoms with Crippen LogP contribution in [0, 0.1) is 0 Å². The summed E-state index contributed by atoms with van der Waals surface area (Å²) in [5.74, 6) is -0.0481. The first-order valence-corrected chi connectivity index (χ1v) is 7.91. The van der Waals surface area contributed by atoms with Crippen molar-refractivity contribution >= 4 is 17.5 Å². The van der Waals surface area contributed by atoms with E-state index in [4.69, 9.17) is 4.74 Å². The third-order valence-corrected chi connectivity index (χ3v) is 3.76. The van der Waals surface area contributed by atoms with Crippen molar-refractivity contribution < 1.29 is 14.3 Å². The second-order valence-corrected chi connectivity index (χ2v) is 5.48. The van der Waals surface area contributed by atoms with Crippen molar-refractivity contribution in [3.05, 3.63) is 59.7 Å². The highest BCUT2D eigenvalue weighted by Crippen LogP contribution is 2.21. The molecule has 0 aliphatic rings. The Hall–Kier alpha value is -2.82. The van der Waals surface area contributed by atoms with Crippen molar-refractivity contribution in [1.82, 2.24) is 5.32 Å². The summed E-state index contributed by atoms with van der Waals surface area (Å²) in [5.41, 5.74) is 1.31. The van der Waals surface area contributed by atoms with Gasteiger partial charge in [0, 0.05) is 6.04 Å². The molecule has 0 aromatic heterocycles. The highest BCUT2D eigenvalue weighted by Gasteiger charge is 2.17. The van der Waals surface area contributed by atoms with Gasteiger partial charge in [0.2, 0.25) is 0 Å². The van der Waals surface area contributed by atoms with Gasteiger partial charge in [0.15, 0.2) is 0 Å². The lowest BCUT2D eigenvalue weighted by Crippen LogP contribution is -2.32. The van der Waals surface area contributed by atoms with Crippen LogP contribution in [0.2, 0.25) is 0 Å². The van der Waals surface area contributed by atoms with Gasteiger partial charge in [-0.2, -0.15) is 0 Å². The highest BCUT2D eigenvalue weighted by atomic mass is 16.5. The lowest BCUT2D eigenvalue weighted by Gasteiger charge is -2.15. The van der Waals surface area contributed by atoms with Crippen LogP contribution in [-0.4, -0.2) is 25.0 Å². The normalized spacial score (nSPS) is 11.5. The van der Waals surface area contributed by atoms with Crippen LogP contribution in [0.4, 0.5) is 5.69 Å². The van der Waals surface area contributed by atoms with E-state index in [0.29, 0.717) is 22.6 Å². The molecule has 24 heavy (non-hydrogen) atoms. The number of amides is 2. The number of benzene rings is 2. The number of hydrogen-bond acceptors (Lipinski definition) is 3. The Balaban J connectivity index is 2.24. The van der Waals surface area contributed by atoms with Crippen molar-refractivity contribution in [2.75, 3.05) is 12.4 Å². The molecule has 2 rings (SSSR count). The predicted octanol–water partition coefficient (Wildman–Crippen LogP) is 3.48. The number of para-hydroxylation sites is 2. The molecule has 0 spiro atoms. The Labute approximate surface area is 142 Å². The number of nitrogens with one attached hydrogen (secondary N) is 2. The van der Waals surface area contributed by atoms with Crippen LogP contribution >= 0.6 is 0 Å². The number of hydrogen-bond donors (Lipinski definition) is 2. The van der Waals surface area contributed by atoms with Crippen LogP contribution in [0.3, 0.4) is 0 Å². The second kappa shape index (κ2) is 8.15. The lowest BCUT2D eigenvalue weighted by molar-refractivity contribution is 0.0940. The number of methoxy groups -OCH3 is 1. The molecule has 5 nitrogen and oxygen atoms in total. The van der Waals surface area contributed by atoms with E-state index in [1.165, 1.54) is 7.11 Å². The van der Waals surface area contributed by atoms with Crippen molar-refractivity contribution in [2.24, 2.45) is 0 Å². The first kappa shape index (κ1) is 17.5. The average Bonchev–Trinajstić information content (AvgIpc) is 2.61. The first-order chi connectivity index (χ1) is 11.6. The maximum atomic E-state index is 12.5.